The van der Waals surface area contributed by atoms with Crippen LogP contribution in [0.25, 0.3) is 22.2 Å². The Morgan fingerprint density at radius 3 is 2.36 bits per heavy atom. The molecule has 33 heavy (non-hydrogen) atoms. The molecule has 8 heteroatoms. The van der Waals surface area contributed by atoms with Crippen molar-refractivity contribution in [3.63, 3.8) is 0 Å². The van der Waals surface area contributed by atoms with Gasteiger partial charge in [-0.05, 0) is 54.6 Å². The van der Waals surface area contributed by atoms with Crippen molar-refractivity contribution in [3.05, 3.63) is 84.4 Å². The predicted molar refractivity (Wildman–Crippen MR) is 129 cm³/mol. The fourth-order valence-electron chi connectivity index (χ4n) is 3.42. The summed E-state index contributed by atoms with van der Waals surface area (Å²) in [7, 11) is 0.906. The average Bonchev–Trinajstić information content (AvgIpc) is 2.83. The Hall–Kier alpha value is -3.75. The molecule has 1 N–H and O–H groups in total. The summed E-state index contributed by atoms with van der Waals surface area (Å²) in [6, 6.07) is 22.8. The van der Waals surface area contributed by atoms with E-state index in [0.29, 0.717) is 27.8 Å². The maximum atomic E-state index is 13.3. The molecule has 168 valence electrons. The number of hydrogen-bond donors (Lipinski definition) is 1. The van der Waals surface area contributed by atoms with Crippen LogP contribution in [0.4, 0.5) is 5.69 Å². The average molecular weight is 462 g/mol. The van der Waals surface area contributed by atoms with Crippen molar-refractivity contribution < 1.29 is 17.9 Å². The Bertz CT molecular complexity index is 1430. The Labute approximate surface area is 192 Å². The summed E-state index contributed by atoms with van der Waals surface area (Å²) >= 11 is 0. The van der Waals surface area contributed by atoms with Gasteiger partial charge in [0.1, 0.15) is 5.75 Å². The van der Waals surface area contributed by atoms with Gasteiger partial charge >= 0.3 is 0 Å². The number of nitrogens with zero attached hydrogens (tertiary/aromatic N) is 2. The Morgan fingerprint density at radius 1 is 0.939 bits per heavy atom. The van der Waals surface area contributed by atoms with Gasteiger partial charge in [-0.1, -0.05) is 24.3 Å². The van der Waals surface area contributed by atoms with Gasteiger partial charge in [0.25, 0.3) is 5.91 Å². The summed E-state index contributed by atoms with van der Waals surface area (Å²) in [5, 5.41) is 3.53. The molecule has 0 radical (unpaired) electrons. The lowest BCUT2D eigenvalue weighted by atomic mass is 10.0. The van der Waals surface area contributed by atoms with Gasteiger partial charge in [-0.15, -0.1) is 0 Å². The monoisotopic (exact) mass is 461 g/mol. The Morgan fingerprint density at radius 2 is 1.67 bits per heavy atom. The minimum absolute atomic E-state index is 0.101. The number of nitrogens with one attached hydrogen (secondary N) is 1. The largest absolute Gasteiger partial charge is 0.497 e. The summed E-state index contributed by atoms with van der Waals surface area (Å²) in [6.45, 7) is 0. The number of hydrogen-bond acceptors (Lipinski definition) is 5. The van der Waals surface area contributed by atoms with E-state index < -0.39 is 10.0 Å². The van der Waals surface area contributed by atoms with Crippen LogP contribution in [-0.2, 0) is 10.0 Å². The molecular weight excluding hydrogens is 438 g/mol. The van der Waals surface area contributed by atoms with Crippen molar-refractivity contribution in [3.8, 4) is 17.0 Å². The van der Waals surface area contributed by atoms with Crippen molar-refractivity contribution in [1.82, 2.24) is 9.29 Å². The minimum Gasteiger partial charge on any atom is -0.497 e. The predicted octanol–water partition coefficient (Wildman–Crippen LogP) is 4.41. The van der Waals surface area contributed by atoms with E-state index in [1.165, 1.54) is 26.2 Å². The third-order valence-electron chi connectivity index (χ3n) is 5.22. The van der Waals surface area contributed by atoms with E-state index in [0.717, 1.165) is 15.6 Å². The summed E-state index contributed by atoms with van der Waals surface area (Å²) in [6.07, 6.45) is 0. The van der Waals surface area contributed by atoms with Crippen molar-refractivity contribution in [2.45, 2.75) is 4.90 Å². The fraction of sp³-hybridized carbons (Fsp3) is 0.120. The van der Waals surface area contributed by atoms with Crippen molar-refractivity contribution >= 4 is 32.5 Å². The second-order valence-corrected chi connectivity index (χ2v) is 9.72. The SMILES string of the molecule is COc1ccc(-c2cc(C(=O)Nc3cccc(S(=O)(=O)N(C)C)c3)c3ccccc3n2)cc1. The first-order valence-electron chi connectivity index (χ1n) is 10.2. The lowest BCUT2D eigenvalue weighted by Crippen LogP contribution is -2.22. The molecule has 0 aliphatic rings. The standard InChI is InChI=1S/C25H23N3O4S/c1-28(2)33(30,31)20-8-6-7-18(15-20)26-25(29)22-16-24(17-11-13-19(32-3)14-12-17)27-23-10-5-4-9-21(22)23/h4-16H,1-3H3,(H,26,29). The first-order chi connectivity index (χ1) is 15.8. The lowest BCUT2D eigenvalue weighted by molar-refractivity contribution is 0.102. The van der Waals surface area contributed by atoms with Gasteiger partial charge < -0.3 is 10.1 Å². The minimum atomic E-state index is -3.62. The molecule has 0 saturated heterocycles. The van der Waals surface area contributed by atoms with Gasteiger partial charge in [0.2, 0.25) is 10.0 Å². The number of anilines is 1. The molecule has 0 fully saturated rings. The smallest absolute Gasteiger partial charge is 0.256 e. The van der Waals surface area contributed by atoms with E-state index in [1.807, 2.05) is 48.5 Å². The van der Waals surface area contributed by atoms with Crippen molar-refractivity contribution in [1.29, 1.82) is 0 Å². The molecule has 3 aromatic carbocycles. The van der Waals surface area contributed by atoms with Crippen LogP contribution in [0.15, 0.2) is 83.8 Å². The molecule has 1 amide bonds. The van der Waals surface area contributed by atoms with Crippen LogP contribution in [0, 0.1) is 0 Å². The Kier molecular flexibility index (Phi) is 6.13. The highest BCUT2D eigenvalue weighted by Crippen LogP contribution is 2.27. The van der Waals surface area contributed by atoms with Crippen LogP contribution in [-0.4, -0.2) is 44.8 Å². The molecule has 1 heterocycles. The topological polar surface area (TPSA) is 88.6 Å². The number of pyridine rings is 1. The second-order valence-electron chi connectivity index (χ2n) is 7.57. The fourth-order valence-corrected chi connectivity index (χ4v) is 4.36. The first kappa shape index (κ1) is 22.4. The first-order valence-corrected chi connectivity index (χ1v) is 11.6. The van der Waals surface area contributed by atoms with Crippen LogP contribution in [0.1, 0.15) is 10.4 Å². The lowest BCUT2D eigenvalue weighted by Gasteiger charge is -2.14. The number of methoxy groups -OCH3 is 1. The molecule has 0 atom stereocenters. The summed E-state index contributed by atoms with van der Waals surface area (Å²) in [5.74, 6) is 0.368. The van der Waals surface area contributed by atoms with Crippen LogP contribution < -0.4 is 10.1 Å². The molecule has 1 aromatic heterocycles. The summed E-state index contributed by atoms with van der Waals surface area (Å²) in [5.41, 5.74) is 2.99. The number of benzene rings is 3. The molecule has 0 aliphatic heterocycles. The number of ether oxygens (including phenoxy) is 1. The number of aromatic nitrogens is 1. The highest BCUT2D eigenvalue weighted by molar-refractivity contribution is 7.89. The maximum absolute atomic E-state index is 13.3. The van der Waals surface area contributed by atoms with E-state index in [-0.39, 0.29) is 10.8 Å². The van der Waals surface area contributed by atoms with Gasteiger partial charge in [0, 0.05) is 30.7 Å². The van der Waals surface area contributed by atoms with E-state index in [4.69, 9.17) is 9.72 Å². The highest BCUT2D eigenvalue weighted by atomic mass is 32.2. The van der Waals surface area contributed by atoms with Crippen LogP contribution in [0.3, 0.4) is 0 Å². The maximum Gasteiger partial charge on any atom is 0.256 e. The summed E-state index contributed by atoms with van der Waals surface area (Å²) in [4.78, 5) is 18.1. The highest BCUT2D eigenvalue weighted by Gasteiger charge is 2.19. The van der Waals surface area contributed by atoms with E-state index in [9.17, 15) is 13.2 Å². The van der Waals surface area contributed by atoms with E-state index in [1.54, 1.807) is 25.3 Å². The molecule has 4 aromatic rings. The zero-order valence-corrected chi connectivity index (χ0v) is 19.3. The van der Waals surface area contributed by atoms with Gasteiger partial charge in [-0.3, -0.25) is 4.79 Å². The molecule has 0 spiro atoms. The van der Waals surface area contributed by atoms with E-state index >= 15 is 0 Å². The van der Waals surface area contributed by atoms with Crippen molar-refractivity contribution in [2.24, 2.45) is 0 Å². The van der Waals surface area contributed by atoms with Gasteiger partial charge in [0.05, 0.1) is 28.8 Å². The zero-order chi connectivity index (χ0) is 23.6. The number of rotatable bonds is 6. The normalized spacial score (nSPS) is 11.5. The van der Waals surface area contributed by atoms with E-state index in [2.05, 4.69) is 5.32 Å². The molecule has 4 rings (SSSR count). The van der Waals surface area contributed by atoms with Crippen LogP contribution in [0.5, 0.6) is 5.75 Å². The molecular formula is C25H23N3O4S. The molecule has 0 aliphatic carbocycles. The molecule has 0 saturated carbocycles. The third kappa shape index (κ3) is 4.57. The number of carbonyl (C=O) groups excluding carboxylic acids is 1. The number of fused-ring (bicyclic) bond motifs is 1. The van der Waals surface area contributed by atoms with Gasteiger partial charge in [-0.25, -0.2) is 17.7 Å². The quantitative estimate of drug-likeness (QED) is 0.459. The van der Waals surface area contributed by atoms with Gasteiger partial charge in [0.15, 0.2) is 0 Å². The van der Waals surface area contributed by atoms with Crippen molar-refractivity contribution in [2.75, 3.05) is 26.5 Å². The second kappa shape index (κ2) is 9.01. The summed E-state index contributed by atoms with van der Waals surface area (Å²) < 4.78 is 31.3. The number of para-hydroxylation sites is 1. The zero-order valence-electron chi connectivity index (χ0n) is 18.4. The molecule has 0 bridgehead atoms. The number of carbonyl (C=O) groups is 1. The number of amides is 1. The van der Waals surface area contributed by atoms with Gasteiger partial charge in [-0.2, -0.15) is 0 Å². The Balaban J connectivity index is 1.74. The third-order valence-corrected chi connectivity index (χ3v) is 7.03. The molecule has 0 unspecified atom stereocenters. The molecule has 7 nitrogen and oxygen atoms in total. The number of sulfonamides is 1. The van der Waals surface area contributed by atoms with Crippen LogP contribution >= 0.6 is 0 Å². The van der Waals surface area contributed by atoms with Crippen LogP contribution in [0.2, 0.25) is 0 Å².